The maximum atomic E-state index is 12.3. The van der Waals surface area contributed by atoms with Crippen molar-refractivity contribution in [3.05, 3.63) is 34.9 Å². The van der Waals surface area contributed by atoms with Crippen molar-refractivity contribution in [2.24, 2.45) is 0 Å². The summed E-state index contributed by atoms with van der Waals surface area (Å²) >= 11 is 5.80. The number of halogens is 2. The normalized spacial score (nSPS) is 16.6. The van der Waals surface area contributed by atoms with Crippen LogP contribution in [0.15, 0.2) is 24.3 Å². The monoisotopic (exact) mass is 373 g/mol. The number of hydrogen-bond donors (Lipinski definition) is 2. The molecule has 1 saturated heterocycles. The molecule has 1 aromatic rings. The number of nitrogens with zero attached hydrogens (tertiary/aromatic N) is 1. The van der Waals surface area contributed by atoms with Crippen molar-refractivity contribution in [1.29, 1.82) is 0 Å². The summed E-state index contributed by atoms with van der Waals surface area (Å²) in [7, 11) is 1.91. The van der Waals surface area contributed by atoms with Crippen molar-refractivity contribution in [3.63, 3.8) is 0 Å². The van der Waals surface area contributed by atoms with Crippen molar-refractivity contribution in [2.75, 3.05) is 26.7 Å². The molecule has 0 saturated carbocycles. The smallest absolute Gasteiger partial charge is 0.251 e. The first kappa shape index (κ1) is 20.7. The van der Waals surface area contributed by atoms with Gasteiger partial charge in [0.05, 0.1) is 0 Å². The zero-order chi connectivity index (χ0) is 16.7. The molecule has 1 aliphatic heterocycles. The van der Waals surface area contributed by atoms with Gasteiger partial charge in [0.2, 0.25) is 5.91 Å². The average molecular weight is 374 g/mol. The van der Waals surface area contributed by atoms with Gasteiger partial charge in [-0.1, -0.05) is 11.6 Å². The van der Waals surface area contributed by atoms with E-state index in [0.717, 1.165) is 25.9 Å². The van der Waals surface area contributed by atoms with Crippen LogP contribution in [-0.2, 0) is 4.79 Å². The van der Waals surface area contributed by atoms with E-state index in [9.17, 15) is 9.59 Å². The number of amides is 2. The minimum absolute atomic E-state index is 0. The summed E-state index contributed by atoms with van der Waals surface area (Å²) in [5.74, 6) is 0.0480. The van der Waals surface area contributed by atoms with E-state index in [0.29, 0.717) is 36.0 Å². The van der Waals surface area contributed by atoms with Crippen molar-refractivity contribution in [1.82, 2.24) is 15.5 Å². The summed E-state index contributed by atoms with van der Waals surface area (Å²) < 4.78 is 0. The second-order valence-corrected chi connectivity index (χ2v) is 6.24. The molecule has 0 spiro atoms. The molecule has 1 heterocycles. The molecule has 2 rings (SSSR count). The maximum Gasteiger partial charge on any atom is 0.251 e. The number of benzene rings is 1. The summed E-state index contributed by atoms with van der Waals surface area (Å²) in [5.41, 5.74) is 0.578. The van der Waals surface area contributed by atoms with Crippen LogP contribution in [-0.4, -0.2) is 49.4 Å². The number of rotatable bonds is 7. The Morgan fingerprint density at radius 1 is 1.29 bits per heavy atom. The highest BCUT2D eigenvalue weighted by Crippen LogP contribution is 2.18. The average Bonchev–Trinajstić information content (AvgIpc) is 3.00. The van der Waals surface area contributed by atoms with E-state index in [4.69, 9.17) is 11.6 Å². The highest BCUT2D eigenvalue weighted by atomic mass is 35.5. The van der Waals surface area contributed by atoms with Crippen LogP contribution in [0, 0.1) is 0 Å². The molecule has 1 fully saturated rings. The molecule has 0 bridgehead atoms. The van der Waals surface area contributed by atoms with Crippen LogP contribution in [0.3, 0.4) is 0 Å². The van der Waals surface area contributed by atoms with Gasteiger partial charge in [0.15, 0.2) is 0 Å². The Morgan fingerprint density at radius 2 is 2.00 bits per heavy atom. The fourth-order valence-electron chi connectivity index (χ4n) is 2.90. The highest BCUT2D eigenvalue weighted by Gasteiger charge is 2.27. The van der Waals surface area contributed by atoms with Crippen LogP contribution >= 0.6 is 24.0 Å². The fourth-order valence-corrected chi connectivity index (χ4v) is 3.03. The third-order valence-electron chi connectivity index (χ3n) is 4.10. The Labute approximate surface area is 154 Å². The molecule has 0 aliphatic carbocycles. The summed E-state index contributed by atoms with van der Waals surface area (Å²) in [6.45, 7) is 2.19. The molecular formula is C17H25Cl2N3O2. The number of carbonyl (C=O) groups is 2. The van der Waals surface area contributed by atoms with Gasteiger partial charge >= 0.3 is 0 Å². The van der Waals surface area contributed by atoms with Crippen LogP contribution in [0.4, 0.5) is 0 Å². The number of likely N-dealkylation sites (tertiary alicyclic amines) is 1. The van der Waals surface area contributed by atoms with Crippen molar-refractivity contribution < 1.29 is 9.59 Å². The van der Waals surface area contributed by atoms with Crippen LogP contribution in [0.2, 0.25) is 5.02 Å². The number of hydrogen-bond acceptors (Lipinski definition) is 3. The van der Waals surface area contributed by atoms with Gasteiger partial charge < -0.3 is 15.5 Å². The fraction of sp³-hybridized carbons (Fsp3) is 0.529. The van der Waals surface area contributed by atoms with Gasteiger partial charge in [-0.3, -0.25) is 9.59 Å². The summed E-state index contributed by atoms with van der Waals surface area (Å²) in [6.07, 6.45) is 3.27. The largest absolute Gasteiger partial charge is 0.352 e. The summed E-state index contributed by atoms with van der Waals surface area (Å²) in [4.78, 5) is 26.2. The predicted molar refractivity (Wildman–Crippen MR) is 98.9 cm³/mol. The Bertz CT molecular complexity index is 537. The van der Waals surface area contributed by atoms with Gasteiger partial charge in [0.25, 0.3) is 5.91 Å². The minimum Gasteiger partial charge on any atom is -0.352 e. The topological polar surface area (TPSA) is 61.4 Å². The second kappa shape index (κ2) is 10.5. The quantitative estimate of drug-likeness (QED) is 0.721. The lowest BCUT2D eigenvalue weighted by atomic mass is 10.2. The van der Waals surface area contributed by atoms with E-state index in [1.54, 1.807) is 24.3 Å². The zero-order valence-corrected chi connectivity index (χ0v) is 15.5. The Hall–Kier alpha value is -1.30. The third kappa shape index (κ3) is 5.96. The van der Waals surface area contributed by atoms with Crippen LogP contribution < -0.4 is 10.6 Å². The SMILES string of the molecule is CNCC1CCCN1C(=O)CCCNC(=O)c1ccc(Cl)cc1.Cl. The molecule has 5 nitrogen and oxygen atoms in total. The number of nitrogens with one attached hydrogen (secondary N) is 2. The first-order valence-corrected chi connectivity index (χ1v) is 8.47. The van der Waals surface area contributed by atoms with Crippen LogP contribution in [0.5, 0.6) is 0 Å². The lowest BCUT2D eigenvalue weighted by Crippen LogP contribution is -2.41. The minimum atomic E-state index is -0.136. The Balaban J connectivity index is 0.00000288. The third-order valence-corrected chi connectivity index (χ3v) is 4.35. The molecule has 7 heteroatoms. The molecule has 2 N–H and O–H groups in total. The zero-order valence-electron chi connectivity index (χ0n) is 13.9. The van der Waals surface area contributed by atoms with Crippen molar-refractivity contribution in [3.8, 4) is 0 Å². The van der Waals surface area contributed by atoms with E-state index in [2.05, 4.69) is 10.6 Å². The predicted octanol–water partition coefficient (Wildman–Crippen LogP) is 2.48. The van der Waals surface area contributed by atoms with E-state index >= 15 is 0 Å². The van der Waals surface area contributed by atoms with E-state index in [1.165, 1.54) is 0 Å². The lowest BCUT2D eigenvalue weighted by Gasteiger charge is -2.24. The summed E-state index contributed by atoms with van der Waals surface area (Å²) in [5, 5.41) is 6.58. The van der Waals surface area contributed by atoms with Gasteiger partial charge in [0, 0.05) is 42.7 Å². The molecule has 1 atom stereocenters. The highest BCUT2D eigenvalue weighted by molar-refractivity contribution is 6.30. The van der Waals surface area contributed by atoms with Gasteiger partial charge in [-0.05, 0) is 50.6 Å². The molecule has 1 aliphatic rings. The first-order chi connectivity index (χ1) is 11.1. The first-order valence-electron chi connectivity index (χ1n) is 8.09. The molecule has 24 heavy (non-hydrogen) atoms. The van der Waals surface area contributed by atoms with E-state index in [1.807, 2.05) is 11.9 Å². The van der Waals surface area contributed by atoms with E-state index in [-0.39, 0.29) is 24.2 Å². The van der Waals surface area contributed by atoms with Gasteiger partial charge in [0.1, 0.15) is 0 Å². The van der Waals surface area contributed by atoms with Gasteiger partial charge in [-0.25, -0.2) is 0 Å². The van der Waals surface area contributed by atoms with Gasteiger partial charge in [-0.2, -0.15) is 0 Å². The molecular weight excluding hydrogens is 349 g/mol. The molecule has 134 valence electrons. The Kier molecular flexibility index (Phi) is 9.11. The second-order valence-electron chi connectivity index (χ2n) is 5.81. The maximum absolute atomic E-state index is 12.3. The van der Waals surface area contributed by atoms with Gasteiger partial charge in [-0.15, -0.1) is 12.4 Å². The van der Waals surface area contributed by atoms with Crippen LogP contribution in [0.1, 0.15) is 36.0 Å². The lowest BCUT2D eigenvalue weighted by molar-refractivity contribution is -0.132. The van der Waals surface area contributed by atoms with Crippen LogP contribution in [0.25, 0.3) is 0 Å². The molecule has 1 aromatic carbocycles. The van der Waals surface area contributed by atoms with Crippen molar-refractivity contribution >= 4 is 35.8 Å². The molecule has 1 unspecified atom stereocenters. The standard InChI is InChI=1S/C17H24ClN3O2.ClH/c1-19-12-15-4-3-11-21(15)16(22)5-2-10-20-17(23)13-6-8-14(18)9-7-13;/h6-9,15,19H,2-5,10-12H2,1H3,(H,20,23);1H. The van der Waals surface area contributed by atoms with E-state index < -0.39 is 0 Å². The summed E-state index contributed by atoms with van der Waals surface area (Å²) in [6, 6.07) is 7.08. The molecule has 0 aromatic heterocycles. The van der Waals surface area contributed by atoms with Crippen molar-refractivity contribution in [2.45, 2.75) is 31.7 Å². The Morgan fingerprint density at radius 3 is 2.67 bits per heavy atom. The number of carbonyl (C=O) groups excluding carboxylic acids is 2. The number of likely N-dealkylation sites (N-methyl/N-ethyl adjacent to an activating group) is 1. The molecule has 2 amide bonds. The molecule has 0 radical (unpaired) electrons.